The van der Waals surface area contributed by atoms with Crippen molar-refractivity contribution < 1.29 is 9.90 Å². The number of likely N-dealkylation sites (N-methyl/N-ethyl adjacent to an activating group) is 1. The molecule has 4 heteroatoms. The second kappa shape index (κ2) is 8.51. The lowest BCUT2D eigenvalue weighted by molar-refractivity contribution is -0.117. The highest BCUT2D eigenvalue weighted by Crippen LogP contribution is 2.23. The molecule has 2 rings (SSSR count). The minimum atomic E-state index is -0.0276. The first-order valence-corrected chi connectivity index (χ1v) is 7.72. The van der Waals surface area contributed by atoms with Gasteiger partial charge in [-0.05, 0) is 37.1 Å². The lowest BCUT2D eigenvalue weighted by atomic mass is 10.0. The van der Waals surface area contributed by atoms with Crippen molar-refractivity contribution in [1.29, 1.82) is 0 Å². The zero-order valence-electron chi connectivity index (χ0n) is 13.1. The van der Waals surface area contributed by atoms with Crippen LogP contribution in [0.4, 0.5) is 0 Å². The lowest BCUT2D eigenvalue weighted by Gasteiger charge is -2.16. The molecule has 1 amide bonds. The van der Waals surface area contributed by atoms with Crippen molar-refractivity contribution in [2.24, 2.45) is 0 Å². The van der Waals surface area contributed by atoms with E-state index in [-0.39, 0.29) is 12.5 Å². The van der Waals surface area contributed by atoms with Gasteiger partial charge in [-0.25, -0.2) is 0 Å². The Morgan fingerprint density at radius 3 is 2.68 bits per heavy atom. The maximum absolute atomic E-state index is 12.5. The summed E-state index contributed by atoms with van der Waals surface area (Å²) >= 11 is 0. The Morgan fingerprint density at radius 1 is 1.27 bits per heavy atom. The molecule has 22 heavy (non-hydrogen) atoms. The maximum Gasteiger partial charge on any atom is 0.251 e. The number of hydrogen-bond donors (Lipinski definition) is 2. The molecule has 2 N–H and O–H groups in total. The summed E-state index contributed by atoms with van der Waals surface area (Å²) in [4.78, 5) is 14.5. The SMILES string of the molecule is CN(CCO)CCNC(=O)/C(=C/C1=CC=CC1)C1=CC=CC1. The van der Waals surface area contributed by atoms with Gasteiger partial charge in [0.1, 0.15) is 0 Å². The molecule has 0 aliphatic heterocycles. The van der Waals surface area contributed by atoms with Crippen LogP contribution in [0.5, 0.6) is 0 Å². The van der Waals surface area contributed by atoms with E-state index in [1.54, 1.807) is 0 Å². The molecule has 0 fully saturated rings. The highest BCUT2D eigenvalue weighted by molar-refractivity contribution is 5.98. The standard InChI is InChI=1S/C18H24N2O2/c1-20(12-13-21)11-10-19-18(22)17(16-8-4-5-9-16)14-15-6-2-3-7-15/h2-6,8,14,21H,7,9-13H2,1H3,(H,19,22)/b17-14+. The van der Waals surface area contributed by atoms with E-state index in [9.17, 15) is 4.79 Å². The summed E-state index contributed by atoms with van der Waals surface area (Å²) in [6, 6.07) is 0. The van der Waals surface area contributed by atoms with Crippen LogP contribution in [-0.4, -0.2) is 49.2 Å². The van der Waals surface area contributed by atoms with E-state index in [0.717, 1.165) is 36.1 Å². The first kappa shape index (κ1) is 16.5. The predicted octanol–water partition coefficient (Wildman–Crippen LogP) is 1.73. The highest BCUT2D eigenvalue weighted by Gasteiger charge is 2.16. The molecule has 0 saturated carbocycles. The van der Waals surface area contributed by atoms with Gasteiger partial charge in [0.2, 0.25) is 0 Å². The fourth-order valence-electron chi connectivity index (χ4n) is 2.45. The van der Waals surface area contributed by atoms with Gasteiger partial charge < -0.3 is 15.3 Å². The average Bonchev–Trinajstić information content (AvgIpc) is 3.18. The molecule has 0 saturated heterocycles. The van der Waals surface area contributed by atoms with Crippen molar-refractivity contribution in [2.45, 2.75) is 12.8 Å². The van der Waals surface area contributed by atoms with E-state index < -0.39 is 0 Å². The van der Waals surface area contributed by atoms with Gasteiger partial charge in [-0.3, -0.25) is 4.79 Å². The van der Waals surface area contributed by atoms with E-state index in [1.165, 1.54) is 0 Å². The summed E-state index contributed by atoms with van der Waals surface area (Å²) in [5.74, 6) is -0.0276. The van der Waals surface area contributed by atoms with Crippen LogP contribution in [0, 0.1) is 0 Å². The third-order valence-electron chi connectivity index (χ3n) is 3.75. The van der Waals surface area contributed by atoms with Crippen LogP contribution in [0.3, 0.4) is 0 Å². The molecule has 0 aromatic rings. The van der Waals surface area contributed by atoms with Crippen LogP contribution < -0.4 is 5.32 Å². The summed E-state index contributed by atoms with van der Waals surface area (Å²) in [5.41, 5.74) is 2.98. The third-order valence-corrected chi connectivity index (χ3v) is 3.75. The van der Waals surface area contributed by atoms with Gasteiger partial charge in [0.15, 0.2) is 0 Å². The number of aliphatic hydroxyl groups is 1. The summed E-state index contributed by atoms with van der Waals surface area (Å²) in [6.07, 6.45) is 15.9. The van der Waals surface area contributed by atoms with Gasteiger partial charge in [0.25, 0.3) is 5.91 Å². The van der Waals surface area contributed by atoms with Crippen molar-refractivity contribution in [3.05, 3.63) is 59.3 Å². The van der Waals surface area contributed by atoms with Crippen LogP contribution in [0.1, 0.15) is 12.8 Å². The lowest BCUT2D eigenvalue weighted by Crippen LogP contribution is -2.35. The molecule has 0 bridgehead atoms. The summed E-state index contributed by atoms with van der Waals surface area (Å²) in [6.45, 7) is 2.05. The fourth-order valence-corrected chi connectivity index (χ4v) is 2.45. The first-order chi connectivity index (χ1) is 10.7. The van der Waals surface area contributed by atoms with E-state index in [0.29, 0.717) is 13.1 Å². The van der Waals surface area contributed by atoms with Gasteiger partial charge in [-0.15, -0.1) is 0 Å². The number of allylic oxidation sites excluding steroid dienone is 8. The van der Waals surface area contributed by atoms with E-state index >= 15 is 0 Å². The molecule has 0 spiro atoms. The number of aliphatic hydroxyl groups excluding tert-OH is 1. The number of rotatable bonds is 8. The first-order valence-electron chi connectivity index (χ1n) is 7.72. The molecule has 0 atom stereocenters. The Kier molecular flexibility index (Phi) is 6.37. The molecule has 0 heterocycles. The van der Waals surface area contributed by atoms with Crippen molar-refractivity contribution in [2.75, 3.05) is 33.3 Å². The second-order valence-corrected chi connectivity index (χ2v) is 5.54. The number of carbonyl (C=O) groups is 1. The Hall–Kier alpha value is -1.91. The smallest absolute Gasteiger partial charge is 0.251 e. The minimum absolute atomic E-state index is 0.0276. The van der Waals surface area contributed by atoms with Gasteiger partial charge in [-0.2, -0.15) is 0 Å². The number of hydrogen-bond acceptors (Lipinski definition) is 3. The highest BCUT2D eigenvalue weighted by atomic mass is 16.3. The Labute approximate surface area is 132 Å². The largest absolute Gasteiger partial charge is 0.395 e. The van der Waals surface area contributed by atoms with Crippen molar-refractivity contribution in [3.63, 3.8) is 0 Å². The molecule has 0 aromatic carbocycles. The Bertz CT molecular complexity index is 553. The molecule has 2 aliphatic carbocycles. The summed E-state index contributed by atoms with van der Waals surface area (Å²) in [7, 11) is 1.93. The molecule has 0 aromatic heterocycles. The predicted molar refractivity (Wildman–Crippen MR) is 89.4 cm³/mol. The molecule has 118 valence electrons. The van der Waals surface area contributed by atoms with Gasteiger partial charge in [0.05, 0.1) is 6.61 Å². The molecule has 0 unspecified atom stereocenters. The van der Waals surface area contributed by atoms with E-state index in [2.05, 4.69) is 17.5 Å². The average molecular weight is 300 g/mol. The number of amides is 1. The second-order valence-electron chi connectivity index (χ2n) is 5.54. The maximum atomic E-state index is 12.5. The van der Waals surface area contributed by atoms with Crippen LogP contribution >= 0.6 is 0 Å². The molecular formula is C18H24N2O2. The minimum Gasteiger partial charge on any atom is -0.395 e. The van der Waals surface area contributed by atoms with Crippen LogP contribution in [0.2, 0.25) is 0 Å². The van der Waals surface area contributed by atoms with E-state index in [1.807, 2.05) is 42.3 Å². The van der Waals surface area contributed by atoms with Crippen LogP contribution in [0.25, 0.3) is 0 Å². The van der Waals surface area contributed by atoms with Gasteiger partial charge >= 0.3 is 0 Å². The zero-order valence-corrected chi connectivity index (χ0v) is 13.1. The van der Waals surface area contributed by atoms with Gasteiger partial charge in [-0.1, -0.05) is 36.5 Å². The van der Waals surface area contributed by atoms with Crippen molar-refractivity contribution in [3.8, 4) is 0 Å². The Balaban J connectivity index is 1.95. The summed E-state index contributed by atoms with van der Waals surface area (Å²) < 4.78 is 0. The van der Waals surface area contributed by atoms with Crippen molar-refractivity contribution in [1.82, 2.24) is 10.2 Å². The topological polar surface area (TPSA) is 52.6 Å². The fraction of sp³-hybridized carbons (Fsp3) is 0.389. The van der Waals surface area contributed by atoms with Crippen molar-refractivity contribution >= 4 is 5.91 Å². The Morgan fingerprint density at radius 2 is 2.05 bits per heavy atom. The molecular weight excluding hydrogens is 276 g/mol. The van der Waals surface area contributed by atoms with E-state index in [4.69, 9.17) is 5.11 Å². The summed E-state index contributed by atoms with van der Waals surface area (Å²) in [5, 5.41) is 11.8. The molecule has 0 radical (unpaired) electrons. The molecule has 4 nitrogen and oxygen atoms in total. The quantitative estimate of drug-likeness (QED) is 0.671. The number of nitrogens with zero attached hydrogens (tertiary/aromatic N) is 1. The monoisotopic (exact) mass is 300 g/mol. The van der Waals surface area contributed by atoms with Gasteiger partial charge in [0, 0.05) is 25.2 Å². The van der Waals surface area contributed by atoms with Crippen LogP contribution in [-0.2, 0) is 4.79 Å². The zero-order chi connectivity index (χ0) is 15.8. The normalized spacial score (nSPS) is 17.1. The third kappa shape index (κ3) is 4.83. The van der Waals surface area contributed by atoms with Crippen LogP contribution in [0.15, 0.2) is 59.3 Å². The number of carbonyl (C=O) groups excluding carboxylic acids is 1. The molecule has 2 aliphatic rings. The number of nitrogens with one attached hydrogen (secondary N) is 1.